The number of rotatable bonds is 6. The molecule has 10 heteroatoms. The maximum atomic E-state index is 14.2. The lowest BCUT2D eigenvalue weighted by Gasteiger charge is -2.34. The minimum atomic E-state index is -1.73. The predicted octanol–water partition coefficient (Wildman–Crippen LogP) is 4.06. The van der Waals surface area contributed by atoms with E-state index in [1.54, 1.807) is 30.0 Å². The van der Waals surface area contributed by atoms with Crippen LogP contribution >= 0.6 is 0 Å². The lowest BCUT2D eigenvalue weighted by Crippen LogP contribution is -2.42. The number of carbonyl (C=O) groups excluding carboxylic acids is 2. The third-order valence-electron chi connectivity index (χ3n) is 7.41. The van der Waals surface area contributed by atoms with E-state index in [1.807, 2.05) is 11.0 Å². The van der Waals surface area contributed by atoms with Crippen LogP contribution in [0.25, 0.3) is 11.0 Å². The molecular formula is C26H29FN6O3. The zero-order valence-electron chi connectivity index (χ0n) is 20.5. The molecule has 1 N–H and O–H groups in total. The molecule has 3 aromatic rings. The van der Waals surface area contributed by atoms with Gasteiger partial charge in [-0.1, -0.05) is 12.8 Å². The monoisotopic (exact) mass is 492 g/mol. The van der Waals surface area contributed by atoms with Gasteiger partial charge in [-0.25, -0.2) is 14.4 Å². The molecule has 1 aliphatic heterocycles. The molecule has 1 saturated carbocycles. The van der Waals surface area contributed by atoms with E-state index in [0.29, 0.717) is 47.7 Å². The number of nitrogens with one attached hydrogen (secondary N) is 1. The molecule has 36 heavy (non-hydrogen) atoms. The van der Waals surface area contributed by atoms with Gasteiger partial charge in [0.1, 0.15) is 11.5 Å². The Hall–Kier alpha value is -3.69. The maximum absolute atomic E-state index is 14.2. The number of nitrogens with zero attached hydrogens (tertiary/aromatic N) is 5. The number of carbonyl (C=O) groups is 2. The van der Waals surface area contributed by atoms with Gasteiger partial charge in [-0.2, -0.15) is 4.98 Å². The van der Waals surface area contributed by atoms with E-state index in [-0.39, 0.29) is 35.8 Å². The van der Waals surface area contributed by atoms with Crippen LogP contribution in [0.15, 0.2) is 29.3 Å². The van der Waals surface area contributed by atoms with Crippen LogP contribution in [-0.4, -0.2) is 50.3 Å². The zero-order chi connectivity index (χ0) is 25.4. The highest BCUT2D eigenvalue weighted by atomic mass is 19.1. The first-order valence-electron chi connectivity index (χ1n) is 12.4. The van der Waals surface area contributed by atoms with Crippen molar-refractivity contribution in [3.05, 3.63) is 46.0 Å². The Morgan fingerprint density at radius 1 is 1.17 bits per heavy atom. The van der Waals surface area contributed by atoms with Crippen LogP contribution in [-0.2, 0) is 4.79 Å². The Morgan fingerprint density at radius 3 is 2.50 bits per heavy atom. The van der Waals surface area contributed by atoms with Crippen molar-refractivity contribution >= 4 is 40.6 Å². The molecule has 0 bridgehead atoms. The van der Waals surface area contributed by atoms with Crippen molar-refractivity contribution in [3.63, 3.8) is 0 Å². The number of ketones is 1. The number of hydrogen-bond donors (Lipinski definition) is 1. The first-order valence-corrected chi connectivity index (χ1v) is 12.4. The summed E-state index contributed by atoms with van der Waals surface area (Å²) in [5.74, 6) is 0.569. The molecule has 0 atom stereocenters. The third kappa shape index (κ3) is 4.36. The standard InChI is InChI=1S/C26H29FN6O3/c1-16-20-14-29-25(31-23(20)33(18-5-3-4-6-18)24(36)22(16)17(2)35)30-21-8-7-19(13-28-21)32-11-9-26(27,15-34)10-12-32/h7-8,13-15,18H,3-6,9-12H2,1-2H3,(H,28,29,30,31). The molecule has 2 fully saturated rings. The number of anilines is 3. The van der Waals surface area contributed by atoms with Crippen molar-refractivity contribution in [2.75, 3.05) is 23.3 Å². The predicted molar refractivity (Wildman–Crippen MR) is 135 cm³/mol. The van der Waals surface area contributed by atoms with Crippen LogP contribution in [0.2, 0.25) is 0 Å². The number of fused-ring (bicyclic) bond motifs is 1. The Kier molecular flexibility index (Phi) is 6.27. The van der Waals surface area contributed by atoms with Gasteiger partial charge >= 0.3 is 0 Å². The molecule has 5 rings (SSSR count). The van der Waals surface area contributed by atoms with Crippen LogP contribution in [0.4, 0.5) is 21.8 Å². The lowest BCUT2D eigenvalue weighted by molar-refractivity contribution is -0.119. The first-order chi connectivity index (χ1) is 17.3. The molecule has 0 radical (unpaired) electrons. The summed E-state index contributed by atoms with van der Waals surface area (Å²) in [4.78, 5) is 52.1. The number of aromatic nitrogens is 4. The highest BCUT2D eigenvalue weighted by molar-refractivity contribution is 5.99. The van der Waals surface area contributed by atoms with Crippen LogP contribution in [0.1, 0.15) is 67.4 Å². The van der Waals surface area contributed by atoms with Gasteiger partial charge < -0.3 is 10.2 Å². The molecule has 2 aliphatic rings. The van der Waals surface area contributed by atoms with E-state index in [2.05, 4.69) is 20.3 Å². The van der Waals surface area contributed by atoms with Crippen LogP contribution < -0.4 is 15.8 Å². The van der Waals surface area contributed by atoms with E-state index in [0.717, 1.165) is 31.4 Å². The number of piperidine rings is 1. The minimum Gasteiger partial charge on any atom is -0.370 e. The fraction of sp³-hybridized carbons (Fsp3) is 0.462. The van der Waals surface area contributed by atoms with Gasteiger partial charge in [0.2, 0.25) is 5.95 Å². The molecule has 9 nitrogen and oxygen atoms in total. The third-order valence-corrected chi connectivity index (χ3v) is 7.41. The molecule has 3 aromatic heterocycles. The van der Waals surface area contributed by atoms with Crippen molar-refractivity contribution in [1.29, 1.82) is 0 Å². The van der Waals surface area contributed by atoms with Crippen molar-refractivity contribution in [3.8, 4) is 0 Å². The number of aryl methyl sites for hydroxylation is 1. The van der Waals surface area contributed by atoms with Crippen molar-refractivity contribution in [1.82, 2.24) is 19.5 Å². The quantitative estimate of drug-likeness (QED) is 0.405. The van der Waals surface area contributed by atoms with Crippen LogP contribution in [0.5, 0.6) is 0 Å². The van der Waals surface area contributed by atoms with Gasteiger partial charge in [-0.3, -0.25) is 19.0 Å². The highest BCUT2D eigenvalue weighted by Crippen LogP contribution is 2.32. The van der Waals surface area contributed by atoms with Gasteiger partial charge in [-0.15, -0.1) is 0 Å². The van der Waals surface area contributed by atoms with Crippen molar-refractivity contribution in [2.24, 2.45) is 0 Å². The lowest BCUT2D eigenvalue weighted by atomic mass is 9.95. The molecule has 0 amide bonds. The van der Waals surface area contributed by atoms with E-state index in [9.17, 15) is 18.8 Å². The topological polar surface area (TPSA) is 110 Å². The van der Waals surface area contributed by atoms with Crippen molar-refractivity contribution in [2.45, 2.75) is 64.1 Å². The van der Waals surface area contributed by atoms with Gasteiger partial charge in [0.25, 0.3) is 5.56 Å². The summed E-state index contributed by atoms with van der Waals surface area (Å²) in [5, 5.41) is 3.79. The molecule has 0 aromatic carbocycles. The Balaban J connectivity index is 1.43. The second-order valence-corrected chi connectivity index (χ2v) is 9.77. The van der Waals surface area contributed by atoms with Crippen LogP contribution in [0, 0.1) is 6.92 Å². The van der Waals surface area contributed by atoms with Gasteiger partial charge in [-0.05, 0) is 44.4 Å². The fourth-order valence-electron chi connectivity index (χ4n) is 5.32. The number of halogens is 1. The molecule has 188 valence electrons. The van der Waals surface area contributed by atoms with Crippen molar-refractivity contribution < 1.29 is 14.0 Å². The fourth-order valence-corrected chi connectivity index (χ4v) is 5.32. The Bertz CT molecular complexity index is 1370. The highest BCUT2D eigenvalue weighted by Gasteiger charge is 2.34. The van der Waals surface area contributed by atoms with Gasteiger partial charge in [0.05, 0.1) is 17.4 Å². The van der Waals surface area contributed by atoms with Gasteiger partial charge in [0, 0.05) is 43.6 Å². The Morgan fingerprint density at radius 2 is 1.89 bits per heavy atom. The normalized spacial score (nSPS) is 17.9. The summed E-state index contributed by atoms with van der Waals surface area (Å²) < 4.78 is 15.9. The molecule has 1 saturated heterocycles. The summed E-state index contributed by atoms with van der Waals surface area (Å²) in [5.41, 5.74) is 0.130. The average molecular weight is 493 g/mol. The summed E-state index contributed by atoms with van der Waals surface area (Å²) in [7, 11) is 0. The summed E-state index contributed by atoms with van der Waals surface area (Å²) in [6.07, 6.45) is 7.89. The molecule has 4 heterocycles. The number of pyridine rings is 2. The van der Waals surface area contributed by atoms with E-state index >= 15 is 0 Å². The van der Waals surface area contributed by atoms with Crippen LogP contribution in [0.3, 0.4) is 0 Å². The molecule has 0 unspecified atom stereocenters. The second kappa shape index (κ2) is 9.40. The van der Waals surface area contributed by atoms with E-state index in [1.165, 1.54) is 6.92 Å². The first kappa shape index (κ1) is 24.0. The average Bonchev–Trinajstić information content (AvgIpc) is 3.39. The summed E-state index contributed by atoms with van der Waals surface area (Å²) >= 11 is 0. The summed E-state index contributed by atoms with van der Waals surface area (Å²) in [6.45, 7) is 4.06. The smallest absolute Gasteiger partial charge is 0.263 e. The number of hydrogen-bond acceptors (Lipinski definition) is 8. The van der Waals surface area contributed by atoms with Gasteiger partial charge in [0.15, 0.2) is 17.7 Å². The molecule has 0 spiro atoms. The molecule has 1 aliphatic carbocycles. The van der Waals surface area contributed by atoms with E-state index in [4.69, 9.17) is 0 Å². The largest absolute Gasteiger partial charge is 0.370 e. The zero-order valence-corrected chi connectivity index (χ0v) is 20.5. The van der Waals surface area contributed by atoms with E-state index < -0.39 is 5.67 Å². The summed E-state index contributed by atoms with van der Waals surface area (Å²) in [6, 6.07) is 3.67. The maximum Gasteiger partial charge on any atom is 0.263 e. The number of alkyl halides is 1. The Labute approximate surface area is 207 Å². The number of Topliss-reactive ketones (excluding diaryl/α,β-unsaturated/α-hetero) is 1. The molecular weight excluding hydrogens is 463 g/mol. The SMILES string of the molecule is CC(=O)c1c(C)c2cnc(Nc3ccc(N4CCC(F)(C=O)CC4)cn3)nc2n(C2CCCC2)c1=O. The minimum absolute atomic E-state index is 0.00525. The second-order valence-electron chi connectivity index (χ2n) is 9.77. The number of aldehydes is 1.